The molecule has 0 aliphatic rings. The van der Waals surface area contributed by atoms with E-state index in [0.717, 1.165) is 0 Å². The molecule has 0 rings (SSSR count). The molecule has 0 spiro atoms. The number of thioether (sulfide) groups is 1. The first-order valence-corrected chi connectivity index (χ1v) is 6.76. The van der Waals surface area contributed by atoms with Crippen LogP contribution < -0.4 is 5.73 Å². The standard InChI is InChI=1S/C11H22N2O3S/c1-5-13(6-2)10(14)8(3)17-7-9(12)11(15)16-4/h8-9H,5-7,12H2,1-4H3. The van der Waals surface area contributed by atoms with E-state index in [9.17, 15) is 9.59 Å². The molecule has 0 aromatic heterocycles. The Labute approximate surface area is 107 Å². The first-order chi connectivity index (χ1) is 7.97. The van der Waals surface area contributed by atoms with Gasteiger partial charge in [-0.15, -0.1) is 11.8 Å². The number of nitrogens with zero attached hydrogens (tertiary/aromatic N) is 1. The summed E-state index contributed by atoms with van der Waals surface area (Å²) in [5.41, 5.74) is 5.60. The van der Waals surface area contributed by atoms with Crippen molar-refractivity contribution in [1.82, 2.24) is 4.90 Å². The summed E-state index contributed by atoms with van der Waals surface area (Å²) in [6.45, 7) is 7.11. The van der Waals surface area contributed by atoms with Crippen LogP contribution in [0.15, 0.2) is 0 Å². The molecule has 0 aliphatic carbocycles. The van der Waals surface area contributed by atoms with Crippen LogP contribution in [0.1, 0.15) is 20.8 Å². The van der Waals surface area contributed by atoms with E-state index in [1.807, 2.05) is 20.8 Å². The lowest BCUT2D eigenvalue weighted by molar-refractivity contribution is -0.141. The van der Waals surface area contributed by atoms with E-state index in [-0.39, 0.29) is 11.2 Å². The smallest absolute Gasteiger partial charge is 0.323 e. The van der Waals surface area contributed by atoms with E-state index in [0.29, 0.717) is 18.8 Å². The van der Waals surface area contributed by atoms with E-state index in [4.69, 9.17) is 5.73 Å². The van der Waals surface area contributed by atoms with Crippen LogP contribution in [-0.4, -0.2) is 54.0 Å². The molecule has 0 saturated carbocycles. The quantitative estimate of drug-likeness (QED) is 0.676. The fraction of sp³-hybridized carbons (Fsp3) is 0.818. The first-order valence-electron chi connectivity index (χ1n) is 5.71. The minimum Gasteiger partial charge on any atom is -0.468 e. The Morgan fingerprint density at radius 2 is 1.88 bits per heavy atom. The number of carbonyl (C=O) groups excluding carboxylic acids is 2. The zero-order valence-corrected chi connectivity index (χ0v) is 11.8. The molecule has 1 amide bonds. The van der Waals surface area contributed by atoms with Gasteiger partial charge in [-0.2, -0.15) is 0 Å². The molecule has 17 heavy (non-hydrogen) atoms. The van der Waals surface area contributed by atoms with Crippen molar-refractivity contribution >= 4 is 23.6 Å². The van der Waals surface area contributed by atoms with E-state index >= 15 is 0 Å². The Balaban J connectivity index is 4.13. The lowest BCUT2D eigenvalue weighted by Gasteiger charge is -2.23. The topological polar surface area (TPSA) is 72.6 Å². The second kappa shape index (κ2) is 8.36. The highest BCUT2D eigenvalue weighted by atomic mass is 32.2. The van der Waals surface area contributed by atoms with E-state index in [1.54, 1.807) is 4.90 Å². The first kappa shape index (κ1) is 16.2. The molecule has 6 heteroatoms. The lowest BCUT2D eigenvalue weighted by atomic mass is 10.4. The molecule has 0 radical (unpaired) electrons. The normalized spacial score (nSPS) is 13.9. The number of nitrogens with two attached hydrogens (primary N) is 1. The second-order valence-electron chi connectivity index (χ2n) is 3.62. The Morgan fingerprint density at radius 3 is 2.29 bits per heavy atom. The molecule has 0 aliphatic heterocycles. The maximum Gasteiger partial charge on any atom is 0.323 e. The van der Waals surface area contributed by atoms with Crippen molar-refractivity contribution in [3.63, 3.8) is 0 Å². The van der Waals surface area contributed by atoms with Gasteiger partial charge in [-0.25, -0.2) is 0 Å². The second-order valence-corrected chi connectivity index (χ2v) is 4.99. The zero-order chi connectivity index (χ0) is 13.4. The van der Waals surface area contributed by atoms with Crippen molar-refractivity contribution in [3.8, 4) is 0 Å². The largest absolute Gasteiger partial charge is 0.468 e. The van der Waals surface area contributed by atoms with Gasteiger partial charge >= 0.3 is 5.97 Å². The highest BCUT2D eigenvalue weighted by Crippen LogP contribution is 2.14. The van der Waals surface area contributed by atoms with Crippen LogP contribution in [0.3, 0.4) is 0 Å². The van der Waals surface area contributed by atoms with Gasteiger partial charge in [0, 0.05) is 18.8 Å². The molecule has 0 bridgehead atoms. The van der Waals surface area contributed by atoms with Gasteiger partial charge in [-0.1, -0.05) is 0 Å². The molecule has 100 valence electrons. The van der Waals surface area contributed by atoms with Crippen molar-refractivity contribution in [1.29, 1.82) is 0 Å². The molecule has 2 unspecified atom stereocenters. The number of esters is 1. The molecule has 2 atom stereocenters. The zero-order valence-electron chi connectivity index (χ0n) is 10.9. The number of hydrogen-bond acceptors (Lipinski definition) is 5. The van der Waals surface area contributed by atoms with Crippen molar-refractivity contribution in [2.75, 3.05) is 26.0 Å². The number of carbonyl (C=O) groups is 2. The van der Waals surface area contributed by atoms with E-state index in [1.165, 1.54) is 18.9 Å². The molecule has 2 N–H and O–H groups in total. The number of amides is 1. The fourth-order valence-corrected chi connectivity index (χ4v) is 2.25. The molecule has 0 aromatic carbocycles. The van der Waals surface area contributed by atoms with Gasteiger partial charge in [0.1, 0.15) is 6.04 Å². The van der Waals surface area contributed by atoms with Crippen LogP contribution in [0, 0.1) is 0 Å². The van der Waals surface area contributed by atoms with Gasteiger partial charge in [0.05, 0.1) is 12.4 Å². The Kier molecular flexibility index (Phi) is 7.99. The fourth-order valence-electron chi connectivity index (χ4n) is 1.33. The van der Waals surface area contributed by atoms with Crippen LogP contribution in [0.5, 0.6) is 0 Å². The van der Waals surface area contributed by atoms with Gasteiger partial charge in [0.2, 0.25) is 5.91 Å². The van der Waals surface area contributed by atoms with Crippen LogP contribution in [0.25, 0.3) is 0 Å². The monoisotopic (exact) mass is 262 g/mol. The molecule has 0 heterocycles. The third kappa shape index (κ3) is 5.41. The van der Waals surface area contributed by atoms with Crippen LogP contribution in [0.4, 0.5) is 0 Å². The minimum atomic E-state index is -0.669. The molecule has 0 fully saturated rings. The van der Waals surface area contributed by atoms with Crippen LogP contribution in [0.2, 0.25) is 0 Å². The number of hydrogen-bond donors (Lipinski definition) is 1. The highest BCUT2D eigenvalue weighted by Gasteiger charge is 2.21. The minimum absolute atomic E-state index is 0.0806. The molecule has 0 aromatic rings. The molecule has 5 nitrogen and oxygen atoms in total. The van der Waals surface area contributed by atoms with Crippen LogP contribution in [-0.2, 0) is 14.3 Å². The number of methoxy groups -OCH3 is 1. The van der Waals surface area contributed by atoms with Gasteiger partial charge in [0.15, 0.2) is 0 Å². The third-order valence-electron chi connectivity index (χ3n) is 2.45. The average molecular weight is 262 g/mol. The van der Waals surface area contributed by atoms with Gasteiger partial charge in [0.25, 0.3) is 0 Å². The molecular formula is C11H22N2O3S. The molecule has 0 saturated heterocycles. The summed E-state index contributed by atoms with van der Waals surface area (Å²) >= 11 is 1.38. The predicted molar refractivity (Wildman–Crippen MR) is 69.8 cm³/mol. The summed E-state index contributed by atoms with van der Waals surface area (Å²) in [6.07, 6.45) is 0. The third-order valence-corrected chi connectivity index (χ3v) is 3.71. The summed E-state index contributed by atoms with van der Waals surface area (Å²) in [7, 11) is 1.30. The van der Waals surface area contributed by atoms with Crippen molar-refractivity contribution in [2.24, 2.45) is 5.73 Å². The Hall–Kier alpha value is -0.750. The summed E-state index contributed by atoms with van der Waals surface area (Å²) < 4.78 is 4.52. The average Bonchev–Trinajstić information content (AvgIpc) is 2.35. The maximum absolute atomic E-state index is 11.9. The Morgan fingerprint density at radius 1 is 1.35 bits per heavy atom. The molecular weight excluding hydrogens is 240 g/mol. The van der Waals surface area contributed by atoms with Crippen molar-refractivity contribution in [2.45, 2.75) is 32.1 Å². The highest BCUT2D eigenvalue weighted by molar-refractivity contribution is 8.00. The maximum atomic E-state index is 11.9. The summed E-state index contributed by atoms with van der Waals surface area (Å²) in [5, 5.41) is -0.189. The summed E-state index contributed by atoms with van der Waals surface area (Å²) in [4.78, 5) is 24.8. The summed E-state index contributed by atoms with van der Waals surface area (Å²) in [6, 6.07) is -0.669. The van der Waals surface area contributed by atoms with E-state index < -0.39 is 12.0 Å². The van der Waals surface area contributed by atoms with Crippen molar-refractivity contribution in [3.05, 3.63) is 0 Å². The van der Waals surface area contributed by atoms with Crippen molar-refractivity contribution < 1.29 is 14.3 Å². The predicted octanol–water partition coefficient (Wildman–Crippen LogP) is 0.477. The number of rotatable bonds is 7. The van der Waals surface area contributed by atoms with Gasteiger partial charge < -0.3 is 15.4 Å². The van der Waals surface area contributed by atoms with Crippen LogP contribution >= 0.6 is 11.8 Å². The van der Waals surface area contributed by atoms with Gasteiger partial charge in [-0.3, -0.25) is 9.59 Å². The summed E-state index contributed by atoms with van der Waals surface area (Å²) in [5.74, 6) is 0.0259. The lowest BCUT2D eigenvalue weighted by Crippen LogP contribution is -2.38. The Bertz CT molecular complexity index is 257. The van der Waals surface area contributed by atoms with E-state index in [2.05, 4.69) is 4.74 Å². The van der Waals surface area contributed by atoms with Gasteiger partial charge in [-0.05, 0) is 20.8 Å². The number of ether oxygens (including phenoxy) is 1. The SMILES string of the molecule is CCN(CC)C(=O)C(C)SCC(N)C(=O)OC.